The molecular weight excluding hydrogens is 523 g/mol. The summed E-state index contributed by atoms with van der Waals surface area (Å²) in [5.41, 5.74) is 2.38. The van der Waals surface area contributed by atoms with Gasteiger partial charge in [-0.3, -0.25) is 0 Å². The molecular formula is C20H21IN2O6S. The zero-order valence-corrected chi connectivity index (χ0v) is 19.1. The quantitative estimate of drug-likeness (QED) is 0.335. The van der Waals surface area contributed by atoms with Gasteiger partial charge in [-0.2, -0.15) is 8.42 Å². The predicted octanol–water partition coefficient (Wildman–Crippen LogP) is 3.08. The van der Waals surface area contributed by atoms with E-state index in [4.69, 9.17) is 9.15 Å². The molecule has 160 valence electrons. The number of esters is 1. The number of hydrogen-bond acceptors (Lipinski definition) is 6. The molecule has 10 heteroatoms. The monoisotopic (exact) mass is 544 g/mol. The number of nitrogens with one attached hydrogen (secondary N) is 2. The highest BCUT2D eigenvalue weighted by Gasteiger charge is 2.43. The summed E-state index contributed by atoms with van der Waals surface area (Å²) in [6, 6.07) is -0.0173. The van der Waals surface area contributed by atoms with Crippen LogP contribution < -0.4 is 10.0 Å². The zero-order chi connectivity index (χ0) is 21.5. The largest absolute Gasteiger partial charge is 0.462 e. The van der Waals surface area contributed by atoms with Crippen LogP contribution >= 0.6 is 22.6 Å². The molecule has 0 aromatic carbocycles. The molecule has 2 N–H and O–H groups in total. The molecule has 1 heterocycles. The molecule has 4 unspecified atom stereocenters. The summed E-state index contributed by atoms with van der Waals surface area (Å²) in [5, 5.41) is 2.33. The van der Waals surface area contributed by atoms with Crippen LogP contribution in [0.3, 0.4) is 0 Å². The van der Waals surface area contributed by atoms with Gasteiger partial charge in [0, 0.05) is 27.9 Å². The number of allylic oxidation sites excluding steroid dienone is 3. The number of rotatable bonds is 5. The summed E-state index contributed by atoms with van der Waals surface area (Å²) in [6.07, 6.45) is 11.2. The maximum Gasteiger partial charge on any atom is 0.341 e. The van der Waals surface area contributed by atoms with E-state index in [-0.39, 0.29) is 30.0 Å². The molecule has 1 saturated carbocycles. The van der Waals surface area contributed by atoms with Crippen LogP contribution in [-0.4, -0.2) is 37.0 Å². The second kappa shape index (κ2) is 8.22. The van der Waals surface area contributed by atoms with Crippen molar-refractivity contribution in [2.45, 2.75) is 34.8 Å². The molecule has 0 bridgehead atoms. The zero-order valence-electron chi connectivity index (χ0n) is 16.1. The second-order valence-corrected chi connectivity index (χ2v) is 10.5. The van der Waals surface area contributed by atoms with Crippen LogP contribution in [-0.2, 0) is 14.8 Å². The predicted molar refractivity (Wildman–Crippen MR) is 117 cm³/mol. The fourth-order valence-corrected chi connectivity index (χ4v) is 6.08. The van der Waals surface area contributed by atoms with Crippen LogP contribution in [0, 0.1) is 11.8 Å². The van der Waals surface area contributed by atoms with E-state index in [9.17, 15) is 18.0 Å². The highest BCUT2D eigenvalue weighted by Crippen LogP contribution is 2.47. The van der Waals surface area contributed by atoms with Gasteiger partial charge in [-0.1, -0.05) is 52.5 Å². The van der Waals surface area contributed by atoms with E-state index in [1.807, 2.05) is 23.0 Å². The van der Waals surface area contributed by atoms with Crippen molar-refractivity contribution in [1.82, 2.24) is 10.0 Å². The van der Waals surface area contributed by atoms with Crippen molar-refractivity contribution in [2.24, 2.45) is 11.8 Å². The van der Waals surface area contributed by atoms with Crippen molar-refractivity contribution in [3.05, 3.63) is 53.3 Å². The second-order valence-electron chi connectivity index (χ2n) is 7.35. The average molecular weight is 544 g/mol. The van der Waals surface area contributed by atoms with Gasteiger partial charge in [0.1, 0.15) is 6.26 Å². The number of urea groups is 1. The highest BCUT2D eigenvalue weighted by atomic mass is 127. The normalized spacial score (nSPS) is 27.0. The van der Waals surface area contributed by atoms with Gasteiger partial charge in [-0.15, -0.1) is 0 Å². The van der Waals surface area contributed by atoms with Crippen LogP contribution in [0.1, 0.15) is 30.1 Å². The van der Waals surface area contributed by atoms with Crippen molar-refractivity contribution >= 4 is 44.6 Å². The number of fused-ring (bicyclic) bond motifs is 2. The molecule has 8 nitrogen and oxygen atoms in total. The molecule has 3 aliphatic rings. The summed E-state index contributed by atoms with van der Waals surface area (Å²) >= 11 is 2.42. The molecule has 30 heavy (non-hydrogen) atoms. The smallest absolute Gasteiger partial charge is 0.341 e. The molecule has 2 amide bonds. The third kappa shape index (κ3) is 3.94. The van der Waals surface area contributed by atoms with Gasteiger partial charge in [0.2, 0.25) is 5.09 Å². The van der Waals surface area contributed by atoms with Crippen LogP contribution in [0.2, 0.25) is 0 Å². The summed E-state index contributed by atoms with van der Waals surface area (Å²) in [6.45, 7) is 1.79. The molecule has 0 aliphatic heterocycles. The van der Waals surface area contributed by atoms with Crippen LogP contribution in [0.15, 0.2) is 57.3 Å². The van der Waals surface area contributed by atoms with Crippen molar-refractivity contribution in [3.8, 4) is 0 Å². The Morgan fingerprint density at radius 3 is 2.90 bits per heavy atom. The minimum absolute atomic E-state index is 0.0212. The Labute approximate surface area is 188 Å². The molecule has 4 atom stereocenters. The maximum absolute atomic E-state index is 12.6. The molecule has 4 rings (SSSR count). The Balaban J connectivity index is 1.48. The van der Waals surface area contributed by atoms with Gasteiger partial charge in [-0.25, -0.2) is 14.3 Å². The van der Waals surface area contributed by atoms with E-state index in [0.29, 0.717) is 3.92 Å². The lowest BCUT2D eigenvalue weighted by Gasteiger charge is -2.35. The molecule has 1 aromatic rings. The maximum atomic E-state index is 12.6. The van der Waals surface area contributed by atoms with Gasteiger partial charge in [0.05, 0.1) is 12.2 Å². The van der Waals surface area contributed by atoms with E-state index >= 15 is 0 Å². The number of furan rings is 1. The lowest BCUT2D eigenvalue weighted by molar-refractivity contribution is 0.0525. The minimum atomic E-state index is -4.28. The Morgan fingerprint density at radius 2 is 2.13 bits per heavy atom. The van der Waals surface area contributed by atoms with Crippen molar-refractivity contribution in [1.29, 1.82) is 0 Å². The van der Waals surface area contributed by atoms with E-state index in [1.165, 1.54) is 5.57 Å². The van der Waals surface area contributed by atoms with Gasteiger partial charge in [0.15, 0.2) is 0 Å². The van der Waals surface area contributed by atoms with Crippen LogP contribution in [0.25, 0.3) is 0 Å². The van der Waals surface area contributed by atoms with Crippen LogP contribution in [0.5, 0.6) is 0 Å². The molecule has 1 aromatic heterocycles. The van der Waals surface area contributed by atoms with Crippen molar-refractivity contribution in [2.75, 3.05) is 6.61 Å². The molecule has 1 fully saturated rings. The first-order chi connectivity index (χ1) is 14.3. The number of ether oxygens (including phenoxy) is 1. The number of carbonyl (C=O) groups excluding carboxylic acids is 2. The number of alkyl halides is 1. The molecule has 0 saturated heterocycles. The SMILES string of the molecule is CCOC(=O)c1coc(S(=O)(=O)NC(=O)NC2C3C=CC=C3C=C3C(I)CCC32)c1. The average Bonchev–Trinajstić information content (AvgIpc) is 3.42. The Kier molecular flexibility index (Phi) is 5.80. The summed E-state index contributed by atoms with van der Waals surface area (Å²) in [4.78, 5) is 24.3. The standard InChI is InChI=1S/C20H21IN2O6S/c1-2-28-19(24)12-9-17(29-10-12)30(26,27)23-20(25)22-18-13-5-3-4-11(13)8-15-14(18)6-7-16(15)21/h3-5,8-10,13-14,16,18H,2,6-7H2,1H3,(H2,22,23,25). The lowest BCUT2D eigenvalue weighted by atomic mass is 9.76. The molecule has 3 aliphatic carbocycles. The fraction of sp³-hybridized carbons (Fsp3) is 0.400. The van der Waals surface area contributed by atoms with E-state index in [2.05, 4.69) is 34.0 Å². The van der Waals surface area contributed by atoms with Crippen LogP contribution in [0.4, 0.5) is 4.79 Å². The van der Waals surface area contributed by atoms with E-state index in [0.717, 1.165) is 30.7 Å². The Hall–Kier alpha value is -2.08. The number of carbonyl (C=O) groups is 2. The van der Waals surface area contributed by atoms with E-state index < -0.39 is 27.1 Å². The first-order valence-electron chi connectivity index (χ1n) is 9.63. The Bertz CT molecular complexity index is 1070. The summed E-state index contributed by atoms with van der Waals surface area (Å²) < 4.78 is 37.3. The number of halogens is 1. The number of sulfonamides is 1. The first-order valence-corrected chi connectivity index (χ1v) is 12.4. The number of hydrogen-bond donors (Lipinski definition) is 2. The highest BCUT2D eigenvalue weighted by molar-refractivity contribution is 14.1. The van der Waals surface area contributed by atoms with E-state index in [1.54, 1.807) is 6.92 Å². The van der Waals surface area contributed by atoms with Crippen molar-refractivity contribution in [3.63, 3.8) is 0 Å². The van der Waals surface area contributed by atoms with Gasteiger partial charge < -0.3 is 14.5 Å². The van der Waals surface area contributed by atoms with Gasteiger partial charge in [0.25, 0.3) is 10.0 Å². The third-order valence-electron chi connectivity index (χ3n) is 5.54. The summed E-state index contributed by atoms with van der Waals surface area (Å²) in [7, 11) is -4.28. The first kappa shape index (κ1) is 21.2. The number of amides is 2. The lowest BCUT2D eigenvalue weighted by Crippen LogP contribution is -2.51. The van der Waals surface area contributed by atoms with Crippen molar-refractivity contribution < 1.29 is 27.2 Å². The topological polar surface area (TPSA) is 115 Å². The minimum Gasteiger partial charge on any atom is -0.462 e. The third-order valence-corrected chi connectivity index (χ3v) is 8.08. The summed E-state index contributed by atoms with van der Waals surface area (Å²) in [5.74, 6) is -0.507. The molecule has 0 spiro atoms. The fourth-order valence-electron chi connectivity index (χ4n) is 4.22. The molecule has 0 radical (unpaired) electrons. The Morgan fingerprint density at radius 1 is 1.33 bits per heavy atom. The van der Waals surface area contributed by atoms with Gasteiger partial charge in [-0.05, 0) is 25.3 Å². The van der Waals surface area contributed by atoms with Gasteiger partial charge >= 0.3 is 12.0 Å².